The molecule has 5 heteroatoms. The molecule has 1 unspecified atom stereocenters. The molecule has 4 nitrogen and oxygen atoms in total. The summed E-state index contributed by atoms with van der Waals surface area (Å²) in [6.45, 7) is 4.57. The van der Waals surface area contributed by atoms with Gasteiger partial charge in [-0.2, -0.15) is 0 Å². The first-order chi connectivity index (χ1) is 9.06. The Morgan fingerprint density at radius 3 is 2.84 bits per heavy atom. The molecule has 1 aromatic rings. The van der Waals surface area contributed by atoms with E-state index >= 15 is 0 Å². The zero-order valence-corrected chi connectivity index (χ0v) is 12.2. The molecule has 1 atom stereocenters. The van der Waals surface area contributed by atoms with Gasteiger partial charge in [0.1, 0.15) is 5.75 Å². The van der Waals surface area contributed by atoms with Gasteiger partial charge in [0.25, 0.3) is 0 Å². The van der Waals surface area contributed by atoms with Crippen LogP contribution in [0.1, 0.15) is 33.1 Å². The van der Waals surface area contributed by atoms with Crippen LogP contribution in [0.4, 0.5) is 5.69 Å². The SMILES string of the molecule is CCCOc1ccc(Cl)cc1NC(=O)CC(N)CC. The van der Waals surface area contributed by atoms with E-state index in [1.54, 1.807) is 18.2 Å². The van der Waals surface area contributed by atoms with Gasteiger partial charge in [-0.1, -0.05) is 25.4 Å². The van der Waals surface area contributed by atoms with Gasteiger partial charge in [-0.3, -0.25) is 4.79 Å². The van der Waals surface area contributed by atoms with Crippen LogP contribution >= 0.6 is 11.6 Å². The molecule has 1 rings (SSSR count). The van der Waals surface area contributed by atoms with Gasteiger partial charge < -0.3 is 15.8 Å². The normalized spacial score (nSPS) is 12.0. The smallest absolute Gasteiger partial charge is 0.226 e. The zero-order chi connectivity index (χ0) is 14.3. The molecule has 0 aliphatic carbocycles. The standard InChI is InChI=1S/C14H21ClN2O2/c1-3-7-19-13-6-5-10(15)8-12(13)17-14(18)9-11(16)4-2/h5-6,8,11H,3-4,7,9,16H2,1-2H3,(H,17,18). The van der Waals surface area contributed by atoms with Crippen LogP contribution in [0, 0.1) is 0 Å². The van der Waals surface area contributed by atoms with Crippen molar-refractivity contribution in [3.63, 3.8) is 0 Å². The molecule has 1 aromatic carbocycles. The third kappa shape index (κ3) is 5.49. The highest BCUT2D eigenvalue weighted by atomic mass is 35.5. The van der Waals surface area contributed by atoms with Crippen molar-refractivity contribution in [3.05, 3.63) is 23.2 Å². The number of nitrogens with one attached hydrogen (secondary N) is 1. The number of amides is 1. The average molecular weight is 285 g/mol. The van der Waals surface area contributed by atoms with Crippen LogP contribution < -0.4 is 15.8 Å². The Morgan fingerprint density at radius 2 is 2.21 bits per heavy atom. The van der Waals surface area contributed by atoms with Crippen molar-refractivity contribution in [2.24, 2.45) is 5.73 Å². The minimum absolute atomic E-state index is 0.126. The second-order valence-electron chi connectivity index (χ2n) is 4.41. The van der Waals surface area contributed by atoms with Crippen molar-refractivity contribution in [3.8, 4) is 5.75 Å². The largest absolute Gasteiger partial charge is 0.491 e. The lowest BCUT2D eigenvalue weighted by molar-refractivity contribution is -0.116. The van der Waals surface area contributed by atoms with Gasteiger partial charge in [0.2, 0.25) is 5.91 Å². The number of halogens is 1. The lowest BCUT2D eigenvalue weighted by Gasteiger charge is -2.14. The summed E-state index contributed by atoms with van der Waals surface area (Å²) in [5.41, 5.74) is 6.35. The van der Waals surface area contributed by atoms with E-state index in [4.69, 9.17) is 22.1 Å². The molecule has 3 N–H and O–H groups in total. The summed E-state index contributed by atoms with van der Waals surface area (Å²) in [6.07, 6.45) is 1.95. The Morgan fingerprint density at radius 1 is 1.47 bits per heavy atom. The number of carbonyl (C=O) groups is 1. The first-order valence-corrected chi connectivity index (χ1v) is 6.92. The van der Waals surface area contributed by atoms with E-state index in [9.17, 15) is 4.79 Å². The van der Waals surface area contributed by atoms with Crippen molar-refractivity contribution < 1.29 is 9.53 Å². The number of ether oxygens (including phenoxy) is 1. The average Bonchev–Trinajstić information content (AvgIpc) is 2.37. The molecule has 0 saturated carbocycles. The fourth-order valence-corrected chi connectivity index (χ4v) is 1.69. The number of hydrogen-bond donors (Lipinski definition) is 2. The predicted octanol–water partition coefficient (Wildman–Crippen LogP) is 3.19. The number of carbonyl (C=O) groups excluding carboxylic acids is 1. The summed E-state index contributed by atoms with van der Waals surface area (Å²) < 4.78 is 5.57. The maximum atomic E-state index is 11.8. The minimum Gasteiger partial charge on any atom is -0.491 e. The van der Waals surface area contributed by atoms with Gasteiger partial charge in [0, 0.05) is 17.5 Å². The molecule has 0 aliphatic heterocycles. The molecule has 0 saturated heterocycles. The first-order valence-electron chi connectivity index (χ1n) is 6.54. The Labute approximate surface area is 119 Å². The minimum atomic E-state index is -0.127. The molecule has 19 heavy (non-hydrogen) atoms. The highest BCUT2D eigenvalue weighted by Crippen LogP contribution is 2.28. The highest BCUT2D eigenvalue weighted by Gasteiger charge is 2.11. The summed E-state index contributed by atoms with van der Waals surface area (Å²) in [4.78, 5) is 11.8. The maximum Gasteiger partial charge on any atom is 0.226 e. The number of anilines is 1. The highest BCUT2D eigenvalue weighted by molar-refractivity contribution is 6.31. The summed E-state index contributed by atoms with van der Waals surface area (Å²) >= 11 is 5.94. The van der Waals surface area contributed by atoms with Crippen molar-refractivity contribution in [2.45, 2.75) is 39.2 Å². The number of benzene rings is 1. The number of rotatable bonds is 7. The molecule has 0 aromatic heterocycles. The van der Waals surface area contributed by atoms with Crippen molar-refractivity contribution in [2.75, 3.05) is 11.9 Å². The Bertz CT molecular complexity index is 424. The topological polar surface area (TPSA) is 64.3 Å². The summed E-state index contributed by atoms with van der Waals surface area (Å²) in [5.74, 6) is 0.502. The van der Waals surface area contributed by atoms with Gasteiger partial charge in [0.15, 0.2) is 0 Å². The first kappa shape index (κ1) is 15.8. The lowest BCUT2D eigenvalue weighted by atomic mass is 10.1. The Kier molecular flexibility index (Phi) is 6.67. The lowest BCUT2D eigenvalue weighted by Crippen LogP contribution is -2.26. The fraction of sp³-hybridized carbons (Fsp3) is 0.500. The van der Waals surface area contributed by atoms with Gasteiger partial charge in [-0.25, -0.2) is 0 Å². The molecule has 0 spiro atoms. The van der Waals surface area contributed by atoms with E-state index in [1.165, 1.54) is 0 Å². The molecule has 0 fully saturated rings. The summed E-state index contributed by atoms with van der Waals surface area (Å²) in [5, 5.41) is 3.35. The second-order valence-corrected chi connectivity index (χ2v) is 4.85. The van der Waals surface area contributed by atoms with Crippen LogP contribution in [0.15, 0.2) is 18.2 Å². The van der Waals surface area contributed by atoms with E-state index in [0.717, 1.165) is 12.8 Å². The Hall–Kier alpha value is -1.26. The molecule has 0 heterocycles. The van der Waals surface area contributed by atoms with E-state index < -0.39 is 0 Å². The molecular weight excluding hydrogens is 264 g/mol. The summed E-state index contributed by atoms with van der Waals surface area (Å²) in [6, 6.07) is 5.05. The maximum absolute atomic E-state index is 11.8. The summed E-state index contributed by atoms with van der Waals surface area (Å²) in [7, 11) is 0. The molecule has 106 valence electrons. The molecule has 1 amide bonds. The van der Waals surface area contributed by atoms with Crippen LogP contribution in [0.5, 0.6) is 5.75 Å². The third-order valence-corrected chi connectivity index (χ3v) is 2.88. The molecule has 0 bridgehead atoms. The molecule has 0 radical (unpaired) electrons. The molecule has 0 aliphatic rings. The second kappa shape index (κ2) is 8.02. The van der Waals surface area contributed by atoms with Gasteiger partial charge >= 0.3 is 0 Å². The monoisotopic (exact) mass is 284 g/mol. The van der Waals surface area contributed by atoms with Gasteiger partial charge in [-0.15, -0.1) is 0 Å². The van der Waals surface area contributed by atoms with E-state index in [-0.39, 0.29) is 18.4 Å². The van der Waals surface area contributed by atoms with Gasteiger partial charge in [-0.05, 0) is 31.0 Å². The van der Waals surface area contributed by atoms with E-state index in [0.29, 0.717) is 23.1 Å². The third-order valence-electron chi connectivity index (χ3n) is 2.65. The van der Waals surface area contributed by atoms with Gasteiger partial charge in [0.05, 0.1) is 12.3 Å². The quantitative estimate of drug-likeness (QED) is 0.808. The number of nitrogens with two attached hydrogens (primary N) is 1. The predicted molar refractivity (Wildman–Crippen MR) is 78.8 cm³/mol. The fourth-order valence-electron chi connectivity index (χ4n) is 1.52. The zero-order valence-electron chi connectivity index (χ0n) is 11.4. The van der Waals surface area contributed by atoms with Crippen LogP contribution in [0.2, 0.25) is 5.02 Å². The Balaban J connectivity index is 2.74. The van der Waals surface area contributed by atoms with Crippen LogP contribution in [-0.4, -0.2) is 18.6 Å². The molecular formula is C14H21ClN2O2. The van der Waals surface area contributed by atoms with Crippen LogP contribution in [0.25, 0.3) is 0 Å². The van der Waals surface area contributed by atoms with Crippen molar-refractivity contribution in [1.29, 1.82) is 0 Å². The van der Waals surface area contributed by atoms with E-state index in [1.807, 2.05) is 13.8 Å². The number of hydrogen-bond acceptors (Lipinski definition) is 3. The van der Waals surface area contributed by atoms with Crippen molar-refractivity contribution >= 4 is 23.2 Å². The van der Waals surface area contributed by atoms with Crippen molar-refractivity contribution in [1.82, 2.24) is 0 Å². The van der Waals surface area contributed by atoms with E-state index in [2.05, 4.69) is 5.32 Å². The van der Waals surface area contributed by atoms with Crippen LogP contribution in [-0.2, 0) is 4.79 Å². The van der Waals surface area contributed by atoms with Crippen LogP contribution in [0.3, 0.4) is 0 Å².